The molecule has 0 bridgehead atoms. The van der Waals surface area contributed by atoms with Gasteiger partial charge in [-0.2, -0.15) is 5.10 Å². The molecule has 126 valence electrons. The van der Waals surface area contributed by atoms with Gasteiger partial charge in [0.05, 0.1) is 5.69 Å². The molecule has 0 aliphatic carbocycles. The van der Waals surface area contributed by atoms with Gasteiger partial charge in [0.1, 0.15) is 0 Å². The van der Waals surface area contributed by atoms with E-state index >= 15 is 0 Å². The summed E-state index contributed by atoms with van der Waals surface area (Å²) >= 11 is 0. The minimum Gasteiger partial charge on any atom is -0.306 e. The molecule has 3 rings (SSSR count). The van der Waals surface area contributed by atoms with Crippen LogP contribution in [-0.2, 0) is 4.79 Å². The predicted molar refractivity (Wildman–Crippen MR) is 102 cm³/mol. The van der Waals surface area contributed by atoms with Crippen LogP contribution in [0.15, 0.2) is 72.9 Å². The molecule has 0 saturated carbocycles. The van der Waals surface area contributed by atoms with Crippen molar-refractivity contribution in [1.82, 2.24) is 9.78 Å². The van der Waals surface area contributed by atoms with E-state index in [2.05, 4.69) is 36.4 Å². The first-order valence-electron chi connectivity index (χ1n) is 8.32. The third kappa shape index (κ3) is 4.44. The van der Waals surface area contributed by atoms with Crippen molar-refractivity contribution in [1.29, 1.82) is 0 Å². The quantitative estimate of drug-likeness (QED) is 0.692. The zero-order valence-corrected chi connectivity index (χ0v) is 14.4. The zero-order valence-electron chi connectivity index (χ0n) is 14.4. The normalized spacial score (nSPS) is 11.2. The summed E-state index contributed by atoms with van der Waals surface area (Å²) in [7, 11) is 0. The first kappa shape index (κ1) is 16.7. The molecule has 0 fully saturated rings. The highest BCUT2D eigenvalue weighted by molar-refractivity contribution is 6.01. The van der Waals surface area contributed by atoms with Gasteiger partial charge in [-0.1, -0.05) is 56.3 Å². The van der Waals surface area contributed by atoms with Crippen molar-refractivity contribution in [2.75, 3.05) is 5.32 Å². The second-order valence-electron chi connectivity index (χ2n) is 6.13. The van der Waals surface area contributed by atoms with Crippen LogP contribution in [0.5, 0.6) is 0 Å². The van der Waals surface area contributed by atoms with Gasteiger partial charge < -0.3 is 5.32 Å². The summed E-state index contributed by atoms with van der Waals surface area (Å²) in [4.78, 5) is 12.0. The lowest BCUT2D eigenvalue weighted by Gasteiger charge is -2.06. The van der Waals surface area contributed by atoms with Gasteiger partial charge in [-0.15, -0.1) is 0 Å². The Morgan fingerprint density at radius 3 is 2.44 bits per heavy atom. The van der Waals surface area contributed by atoms with Crippen molar-refractivity contribution in [2.45, 2.75) is 19.8 Å². The maximum Gasteiger partial charge on any atom is 0.249 e. The highest BCUT2D eigenvalue weighted by Crippen LogP contribution is 2.17. The Morgan fingerprint density at radius 1 is 1.04 bits per heavy atom. The van der Waals surface area contributed by atoms with E-state index in [0.717, 1.165) is 11.3 Å². The molecule has 4 heteroatoms. The first-order chi connectivity index (χ1) is 12.1. The maximum atomic E-state index is 12.0. The molecule has 0 aliphatic heterocycles. The number of amides is 1. The van der Waals surface area contributed by atoms with Crippen LogP contribution in [-0.4, -0.2) is 15.7 Å². The van der Waals surface area contributed by atoms with Gasteiger partial charge in [0.15, 0.2) is 5.82 Å². The summed E-state index contributed by atoms with van der Waals surface area (Å²) in [5.74, 6) is 0.817. The molecule has 1 N–H and O–H groups in total. The van der Waals surface area contributed by atoms with Gasteiger partial charge in [-0.05, 0) is 35.3 Å². The Balaban J connectivity index is 1.65. The maximum absolute atomic E-state index is 12.0. The second kappa shape index (κ2) is 7.62. The van der Waals surface area contributed by atoms with E-state index in [9.17, 15) is 4.79 Å². The van der Waals surface area contributed by atoms with Crippen LogP contribution < -0.4 is 5.32 Å². The zero-order chi connectivity index (χ0) is 17.6. The highest BCUT2D eigenvalue weighted by Gasteiger charge is 2.05. The van der Waals surface area contributed by atoms with Crippen LogP contribution in [0.25, 0.3) is 11.8 Å². The number of nitrogens with one attached hydrogen (secondary N) is 1. The summed E-state index contributed by atoms with van der Waals surface area (Å²) < 4.78 is 1.75. The third-order valence-corrected chi connectivity index (χ3v) is 3.89. The van der Waals surface area contributed by atoms with E-state index < -0.39 is 0 Å². The van der Waals surface area contributed by atoms with Crippen molar-refractivity contribution in [2.24, 2.45) is 0 Å². The van der Waals surface area contributed by atoms with Crippen LogP contribution in [0.2, 0.25) is 0 Å². The molecule has 25 heavy (non-hydrogen) atoms. The number of benzene rings is 2. The smallest absolute Gasteiger partial charge is 0.249 e. The molecule has 0 radical (unpaired) electrons. The molecule has 0 saturated heterocycles. The molecule has 1 amide bonds. The predicted octanol–water partition coefficient (Wildman–Crippen LogP) is 4.65. The molecular formula is C21H21N3O. The lowest BCUT2D eigenvalue weighted by Crippen LogP contribution is -2.08. The number of rotatable bonds is 5. The number of hydrogen-bond donors (Lipinski definition) is 1. The van der Waals surface area contributed by atoms with E-state index in [1.165, 1.54) is 11.6 Å². The van der Waals surface area contributed by atoms with Gasteiger partial charge in [0, 0.05) is 18.3 Å². The fourth-order valence-corrected chi connectivity index (χ4v) is 2.45. The van der Waals surface area contributed by atoms with Crippen LogP contribution in [0.4, 0.5) is 5.82 Å². The Labute approximate surface area is 147 Å². The highest BCUT2D eigenvalue weighted by atomic mass is 16.1. The van der Waals surface area contributed by atoms with Crippen molar-refractivity contribution in [3.63, 3.8) is 0 Å². The average Bonchev–Trinajstić information content (AvgIpc) is 3.09. The summed E-state index contributed by atoms with van der Waals surface area (Å²) in [5, 5.41) is 7.18. The summed E-state index contributed by atoms with van der Waals surface area (Å²) in [6, 6.07) is 19.7. The Bertz CT molecular complexity index is 862. The first-order valence-corrected chi connectivity index (χ1v) is 8.32. The van der Waals surface area contributed by atoms with E-state index in [1.807, 2.05) is 48.7 Å². The summed E-state index contributed by atoms with van der Waals surface area (Å²) in [6.45, 7) is 4.33. The van der Waals surface area contributed by atoms with Gasteiger partial charge in [-0.3, -0.25) is 4.79 Å². The van der Waals surface area contributed by atoms with E-state index in [4.69, 9.17) is 0 Å². The van der Waals surface area contributed by atoms with Gasteiger partial charge in [0.2, 0.25) is 5.91 Å². The third-order valence-electron chi connectivity index (χ3n) is 3.89. The molecular weight excluding hydrogens is 310 g/mol. The Morgan fingerprint density at radius 2 is 1.76 bits per heavy atom. The lowest BCUT2D eigenvalue weighted by molar-refractivity contribution is -0.111. The van der Waals surface area contributed by atoms with Crippen molar-refractivity contribution in [3.8, 4) is 5.69 Å². The monoisotopic (exact) mass is 331 g/mol. The molecule has 1 aromatic heterocycles. The lowest BCUT2D eigenvalue weighted by atomic mass is 10.0. The van der Waals surface area contributed by atoms with E-state index in [-0.39, 0.29) is 5.91 Å². The van der Waals surface area contributed by atoms with Crippen LogP contribution in [0, 0.1) is 0 Å². The largest absolute Gasteiger partial charge is 0.306 e. The fraction of sp³-hybridized carbons (Fsp3) is 0.143. The van der Waals surface area contributed by atoms with Crippen molar-refractivity contribution in [3.05, 3.63) is 84.1 Å². The van der Waals surface area contributed by atoms with Gasteiger partial charge >= 0.3 is 0 Å². The Hall–Kier alpha value is -3.14. The average molecular weight is 331 g/mol. The van der Waals surface area contributed by atoms with Crippen LogP contribution >= 0.6 is 0 Å². The summed E-state index contributed by atoms with van der Waals surface area (Å²) in [6.07, 6.45) is 5.11. The van der Waals surface area contributed by atoms with Crippen LogP contribution in [0.1, 0.15) is 30.9 Å². The number of nitrogens with zero attached hydrogens (tertiary/aromatic N) is 2. The molecule has 0 atom stereocenters. The molecule has 4 nitrogen and oxygen atoms in total. The minimum atomic E-state index is -0.204. The second-order valence-corrected chi connectivity index (χ2v) is 6.13. The standard InChI is InChI=1S/C21H21N3O/c1-16(2)18-9-11-19(12-10-18)24-15-14-20(23-24)22-21(25)13-8-17-6-4-3-5-7-17/h3-16H,1-2H3,(H,22,23,25)/b13-8+. The molecule has 3 aromatic rings. The topological polar surface area (TPSA) is 46.9 Å². The number of aromatic nitrogens is 2. The molecule has 0 aliphatic rings. The SMILES string of the molecule is CC(C)c1ccc(-n2ccc(NC(=O)/C=C/c3ccccc3)n2)cc1. The number of hydrogen-bond acceptors (Lipinski definition) is 2. The van der Waals surface area contributed by atoms with Crippen molar-refractivity contribution >= 4 is 17.8 Å². The number of carbonyl (C=O) groups excluding carboxylic acids is 1. The minimum absolute atomic E-state index is 0.204. The van der Waals surface area contributed by atoms with Gasteiger partial charge in [-0.25, -0.2) is 4.68 Å². The fourth-order valence-electron chi connectivity index (χ4n) is 2.45. The van der Waals surface area contributed by atoms with E-state index in [0.29, 0.717) is 11.7 Å². The number of carbonyl (C=O) groups is 1. The molecule has 0 unspecified atom stereocenters. The van der Waals surface area contributed by atoms with Crippen LogP contribution in [0.3, 0.4) is 0 Å². The summed E-state index contributed by atoms with van der Waals surface area (Å²) in [5.41, 5.74) is 3.23. The molecule has 2 aromatic carbocycles. The molecule has 1 heterocycles. The van der Waals surface area contributed by atoms with E-state index in [1.54, 1.807) is 16.8 Å². The van der Waals surface area contributed by atoms with Crippen molar-refractivity contribution < 1.29 is 4.79 Å². The molecule has 0 spiro atoms. The Kier molecular flexibility index (Phi) is 5.09. The number of anilines is 1. The van der Waals surface area contributed by atoms with Gasteiger partial charge in [0.25, 0.3) is 0 Å².